The number of ether oxygens (including phenoxy) is 2. The summed E-state index contributed by atoms with van der Waals surface area (Å²) in [7, 11) is 0. The first-order valence-corrected chi connectivity index (χ1v) is 9.65. The Morgan fingerprint density at radius 2 is 1.70 bits per heavy atom. The Kier molecular flexibility index (Phi) is 4.55. The van der Waals surface area contributed by atoms with E-state index in [2.05, 4.69) is 4.98 Å². The number of carbonyl (C=O) groups excluding carboxylic acids is 2. The Bertz CT molecular complexity index is 1090. The van der Waals surface area contributed by atoms with E-state index in [-0.39, 0.29) is 31.7 Å². The highest BCUT2D eigenvalue weighted by molar-refractivity contribution is 6.06. The summed E-state index contributed by atoms with van der Waals surface area (Å²) in [6, 6.07) is 17.6. The molecule has 2 aliphatic rings. The van der Waals surface area contributed by atoms with Gasteiger partial charge in [-0.3, -0.25) is 14.6 Å². The molecular weight excluding hydrogens is 382 g/mol. The van der Waals surface area contributed by atoms with Gasteiger partial charge in [-0.15, -0.1) is 0 Å². The molecule has 7 nitrogen and oxygen atoms in total. The SMILES string of the molecule is O=C1[C@H](c2ccncc2)N(Cc2ccc3c(c2)OCO3)C(=O)CN1c1ccccc1. The van der Waals surface area contributed by atoms with Gasteiger partial charge >= 0.3 is 0 Å². The van der Waals surface area contributed by atoms with Crippen molar-refractivity contribution in [2.75, 3.05) is 18.2 Å². The van der Waals surface area contributed by atoms with Crippen LogP contribution in [0.25, 0.3) is 0 Å². The molecule has 0 spiro atoms. The van der Waals surface area contributed by atoms with E-state index >= 15 is 0 Å². The normalized spacial score (nSPS) is 18.1. The van der Waals surface area contributed by atoms with E-state index in [1.165, 1.54) is 0 Å². The second-order valence-corrected chi connectivity index (χ2v) is 7.15. The van der Waals surface area contributed by atoms with Crippen molar-refractivity contribution < 1.29 is 19.1 Å². The largest absolute Gasteiger partial charge is 0.454 e. The lowest BCUT2D eigenvalue weighted by Crippen LogP contribution is -2.55. The van der Waals surface area contributed by atoms with Gasteiger partial charge in [-0.1, -0.05) is 24.3 Å². The van der Waals surface area contributed by atoms with E-state index in [1.807, 2.05) is 48.5 Å². The van der Waals surface area contributed by atoms with Gasteiger partial charge in [-0.05, 0) is 47.5 Å². The number of para-hydroxylation sites is 1. The van der Waals surface area contributed by atoms with Crippen molar-refractivity contribution >= 4 is 17.5 Å². The quantitative estimate of drug-likeness (QED) is 0.672. The summed E-state index contributed by atoms with van der Waals surface area (Å²) in [6.45, 7) is 0.470. The molecule has 2 amide bonds. The molecule has 2 aliphatic heterocycles. The summed E-state index contributed by atoms with van der Waals surface area (Å²) in [5.74, 6) is 1.06. The predicted octanol–water partition coefficient (Wildman–Crippen LogP) is 2.93. The molecule has 0 N–H and O–H groups in total. The number of benzene rings is 2. The minimum Gasteiger partial charge on any atom is -0.454 e. The standard InChI is InChI=1S/C23H19N3O4/c27-21-14-25(18-4-2-1-3-5-18)23(28)22(17-8-10-24-11-9-17)26(21)13-16-6-7-19-20(12-16)30-15-29-19/h1-12,22H,13-15H2/t22-/m0/s1. The van der Waals surface area contributed by atoms with E-state index in [0.717, 1.165) is 11.1 Å². The molecule has 7 heteroatoms. The number of anilines is 1. The van der Waals surface area contributed by atoms with Crippen molar-refractivity contribution in [3.05, 3.63) is 84.2 Å². The maximum absolute atomic E-state index is 13.5. The molecule has 3 heterocycles. The Morgan fingerprint density at radius 1 is 0.933 bits per heavy atom. The Balaban J connectivity index is 1.51. The summed E-state index contributed by atoms with van der Waals surface area (Å²) in [5, 5.41) is 0. The zero-order chi connectivity index (χ0) is 20.5. The van der Waals surface area contributed by atoms with Crippen LogP contribution in [0.2, 0.25) is 0 Å². The van der Waals surface area contributed by atoms with Crippen molar-refractivity contribution in [2.45, 2.75) is 12.6 Å². The van der Waals surface area contributed by atoms with Crippen LogP contribution < -0.4 is 14.4 Å². The third-order valence-electron chi connectivity index (χ3n) is 5.30. The molecule has 1 atom stereocenters. The molecule has 3 aromatic rings. The molecule has 1 saturated heterocycles. The number of rotatable bonds is 4. The monoisotopic (exact) mass is 401 g/mol. The molecular formula is C23H19N3O4. The van der Waals surface area contributed by atoms with Gasteiger partial charge in [0.05, 0.1) is 0 Å². The number of pyridine rings is 1. The summed E-state index contributed by atoms with van der Waals surface area (Å²) in [6.07, 6.45) is 3.26. The fourth-order valence-corrected chi connectivity index (χ4v) is 3.84. The van der Waals surface area contributed by atoms with Crippen LogP contribution in [0.3, 0.4) is 0 Å². The van der Waals surface area contributed by atoms with Crippen LogP contribution in [0.5, 0.6) is 11.5 Å². The predicted molar refractivity (Wildman–Crippen MR) is 109 cm³/mol. The summed E-state index contributed by atoms with van der Waals surface area (Å²) in [4.78, 5) is 33.9. The van der Waals surface area contributed by atoms with Crippen LogP contribution in [0, 0.1) is 0 Å². The number of hydrogen-bond acceptors (Lipinski definition) is 5. The Morgan fingerprint density at radius 3 is 2.50 bits per heavy atom. The van der Waals surface area contributed by atoms with Gasteiger partial charge in [0.25, 0.3) is 5.91 Å². The van der Waals surface area contributed by atoms with Gasteiger partial charge in [0.1, 0.15) is 12.6 Å². The molecule has 0 aliphatic carbocycles. The minimum atomic E-state index is -0.736. The summed E-state index contributed by atoms with van der Waals surface area (Å²) < 4.78 is 10.8. The van der Waals surface area contributed by atoms with Gasteiger partial charge in [0.15, 0.2) is 11.5 Å². The van der Waals surface area contributed by atoms with Crippen molar-refractivity contribution in [2.24, 2.45) is 0 Å². The minimum absolute atomic E-state index is 0.00498. The number of aromatic nitrogens is 1. The molecule has 0 radical (unpaired) electrons. The number of carbonyl (C=O) groups is 2. The molecule has 0 saturated carbocycles. The number of piperazine rings is 1. The zero-order valence-corrected chi connectivity index (χ0v) is 16.1. The van der Waals surface area contributed by atoms with Gasteiger partial charge < -0.3 is 19.3 Å². The van der Waals surface area contributed by atoms with Gasteiger partial charge in [0.2, 0.25) is 12.7 Å². The van der Waals surface area contributed by atoms with Crippen molar-refractivity contribution in [1.82, 2.24) is 9.88 Å². The van der Waals surface area contributed by atoms with E-state index < -0.39 is 6.04 Å². The van der Waals surface area contributed by atoms with E-state index in [9.17, 15) is 9.59 Å². The molecule has 2 aromatic carbocycles. The summed E-state index contributed by atoms with van der Waals surface area (Å²) in [5.41, 5.74) is 2.30. The highest BCUT2D eigenvalue weighted by atomic mass is 16.7. The number of hydrogen-bond donors (Lipinski definition) is 0. The maximum atomic E-state index is 13.5. The van der Waals surface area contributed by atoms with E-state index in [4.69, 9.17) is 9.47 Å². The maximum Gasteiger partial charge on any atom is 0.254 e. The molecule has 5 rings (SSSR count). The van der Waals surface area contributed by atoms with Crippen molar-refractivity contribution in [3.63, 3.8) is 0 Å². The first-order chi connectivity index (χ1) is 14.7. The lowest BCUT2D eigenvalue weighted by molar-refractivity contribution is -0.144. The van der Waals surface area contributed by atoms with Gasteiger partial charge in [0, 0.05) is 24.6 Å². The second kappa shape index (κ2) is 7.51. The molecule has 1 fully saturated rings. The first kappa shape index (κ1) is 18.2. The molecule has 1 aromatic heterocycles. The van der Waals surface area contributed by atoms with Crippen molar-refractivity contribution in [1.29, 1.82) is 0 Å². The number of amides is 2. The second-order valence-electron chi connectivity index (χ2n) is 7.15. The topological polar surface area (TPSA) is 72.0 Å². The van der Waals surface area contributed by atoms with Crippen LogP contribution in [-0.4, -0.2) is 35.0 Å². The zero-order valence-electron chi connectivity index (χ0n) is 16.1. The summed E-state index contributed by atoms with van der Waals surface area (Å²) >= 11 is 0. The third kappa shape index (κ3) is 3.24. The van der Waals surface area contributed by atoms with Gasteiger partial charge in [-0.2, -0.15) is 0 Å². The lowest BCUT2D eigenvalue weighted by atomic mass is 10.0. The van der Waals surface area contributed by atoms with Crippen molar-refractivity contribution in [3.8, 4) is 11.5 Å². The smallest absolute Gasteiger partial charge is 0.254 e. The van der Waals surface area contributed by atoms with Crippen LogP contribution in [0.15, 0.2) is 73.1 Å². The average Bonchev–Trinajstić information content (AvgIpc) is 3.25. The molecule has 0 unspecified atom stereocenters. The average molecular weight is 401 g/mol. The van der Waals surface area contributed by atoms with Crippen LogP contribution in [0.1, 0.15) is 17.2 Å². The Hall–Kier alpha value is -3.87. The van der Waals surface area contributed by atoms with Crippen LogP contribution in [0.4, 0.5) is 5.69 Å². The van der Waals surface area contributed by atoms with Crippen LogP contribution in [-0.2, 0) is 16.1 Å². The number of nitrogens with zero attached hydrogens (tertiary/aromatic N) is 3. The highest BCUT2D eigenvalue weighted by Gasteiger charge is 2.41. The first-order valence-electron chi connectivity index (χ1n) is 9.65. The fraction of sp³-hybridized carbons (Fsp3) is 0.174. The van der Waals surface area contributed by atoms with Gasteiger partial charge in [-0.25, -0.2) is 0 Å². The fourth-order valence-electron chi connectivity index (χ4n) is 3.84. The molecule has 0 bridgehead atoms. The lowest BCUT2D eigenvalue weighted by Gasteiger charge is -2.40. The third-order valence-corrected chi connectivity index (χ3v) is 5.30. The molecule has 30 heavy (non-hydrogen) atoms. The molecule has 150 valence electrons. The highest BCUT2D eigenvalue weighted by Crippen LogP contribution is 2.35. The van der Waals surface area contributed by atoms with Crippen LogP contribution >= 0.6 is 0 Å². The Labute approximate surface area is 173 Å². The number of fused-ring (bicyclic) bond motifs is 1. The van der Waals surface area contributed by atoms with E-state index in [0.29, 0.717) is 17.2 Å². The van der Waals surface area contributed by atoms with E-state index in [1.54, 1.807) is 34.3 Å².